The van der Waals surface area contributed by atoms with Gasteiger partial charge >= 0.3 is 6.18 Å². The molecular formula is C20H30F3N3O. The minimum absolute atomic E-state index is 0.136. The van der Waals surface area contributed by atoms with Crippen molar-refractivity contribution >= 4 is 0 Å². The molecule has 0 aliphatic carbocycles. The number of likely N-dealkylation sites (tertiary alicyclic amines) is 1. The second-order valence-electron chi connectivity index (χ2n) is 8.05. The number of hydrogen-bond acceptors (Lipinski definition) is 4. The Hall–Kier alpha value is -1.15. The standard InChI is InChI=1S/C20H30F3N3O/c1-24-6-3-7-25(9-8-24)12-17-13-26(14-18(17)15-27)11-16-4-2-5-19(10-16)20(21,22)23/h2,4-5,10,17-18,27H,3,6-9,11-15H2,1H3/t17-,18-/m1/s1. The van der Waals surface area contributed by atoms with Crippen molar-refractivity contribution < 1.29 is 18.3 Å². The van der Waals surface area contributed by atoms with E-state index in [0.717, 1.165) is 58.3 Å². The molecule has 0 unspecified atom stereocenters. The largest absolute Gasteiger partial charge is 0.416 e. The highest BCUT2D eigenvalue weighted by atomic mass is 19.4. The monoisotopic (exact) mass is 385 g/mol. The molecule has 3 rings (SSSR count). The van der Waals surface area contributed by atoms with Crippen molar-refractivity contribution in [3.63, 3.8) is 0 Å². The summed E-state index contributed by atoms with van der Waals surface area (Å²) >= 11 is 0. The Morgan fingerprint density at radius 2 is 1.81 bits per heavy atom. The van der Waals surface area contributed by atoms with Crippen LogP contribution >= 0.6 is 0 Å². The van der Waals surface area contributed by atoms with Gasteiger partial charge in [0.25, 0.3) is 0 Å². The first-order chi connectivity index (χ1) is 12.8. The van der Waals surface area contributed by atoms with Gasteiger partial charge in [0.15, 0.2) is 0 Å². The zero-order valence-electron chi connectivity index (χ0n) is 16.0. The number of aliphatic hydroxyl groups is 1. The SMILES string of the molecule is CN1CCCN(C[C@@H]2CN(Cc3cccc(C(F)(F)F)c3)C[C@@H]2CO)CC1. The minimum Gasteiger partial charge on any atom is -0.396 e. The molecule has 7 heteroatoms. The van der Waals surface area contributed by atoms with E-state index in [0.29, 0.717) is 18.0 Å². The van der Waals surface area contributed by atoms with E-state index >= 15 is 0 Å². The molecule has 152 valence electrons. The Morgan fingerprint density at radius 1 is 1.04 bits per heavy atom. The molecule has 0 saturated carbocycles. The highest BCUT2D eigenvalue weighted by Crippen LogP contribution is 2.31. The quantitative estimate of drug-likeness (QED) is 0.843. The summed E-state index contributed by atoms with van der Waals surface area (Å²) in [4.78, 5) is 7.01. The van der Waals surface area contributed by atoms with Crippen LogP contribution in [0, 0.1) is 11.8 Å². The van der Waals surface area contributed by atoms with Crippen molar-refractivity contribution in [1.82, 2.24) is 14.7 Å². The Kier molecular flexibility index (Phi) is 6.78. The Balaban J connectivity index is 1.59. The predicted octanol–water partition coefficient (Wildman–Crippen LogP) is 2.38. The summed E-state index contributed by atoms with van der Waals surface area (Å²) in [5.41, 5.74) is 0.0849. The second kappa shape index (κ2) is 8.90. The van der Waals surface area contributed by atoms with Crippen LogP contribution in [0.5, 0.6) is 0 Å². The fraction of sp³-hybridized carbons (Fsp3) is 0.700. The van der Waals surface area contributed by atoms with E-state index in [1.807, 2.05) is 0 Å². The molecular weight excluding hydrogens is 355 g/mol. The topological polar surface area (TPSA) is 30.0 Å². The number of halogens is 3. The van der Waals surface area contributed by atoms with E-state index in [1.54, 1.807) is 6.07 Å². The summed E-state index contributed by atoms with van der Waals surface area (Å²) in [5.74, 6) is 0.556. The van der Waals surface area contributed by atoms with Gasteiger partial charge in [-0.15, -0.1) is 0 Å². The predicted molar refractivity (Wildman–Crippen MR) is 99.3 cm³/mol. The summed E-state index contributed by atoms with van der Waals surface area (Å²) in [6, 6.07) is 5.58. The van der Waals surface area contributed by atoms with Gasteiger partial charge in [-0.25, -0.2) is 0 Å². The number of nitrogens with zero attached hydrogens (tertiary/aromatic N) is 3. The van der Waals surface area contributed by atoms with Crippen molar-refractivity contribution in [1.29, 1.82) is 0 Å². The van der Waals surface area contributed by atoms with Crippen LogP contribution in [0.2, 0.25) is 0 Å². The van der Waals surface area contributed by atoms with Crippen molar-refractivity contribution in [3.8, 4) is 0 Å². The number of alkyl halides is 3. The van der Waals surface area contributed by atoms with E-state index in [2.05, 4.69) is 21.7 Å². The molecule has 1 aromatic carbocycles. The normalized spacial score (nSPS) is 26.4. The summed E-state index contributed by atoms with van der Waals surface area (Å²) in [6.07, 6.45) is -3.15. The molecule has 0 bridgehead atoms. The molecule has 0 amide bonds. The molecule has 2 atom stereocenters. The Bertz CT molecular complexity index is 610. The number of hydrogen-bond donors (Lipinski definition) is 1. The van der Waals surface area contributed by atoms with Crippen LogP contribution in [0.1, 0.15) is 17.5 Å². The lowest BCUT2D eigenvalue weighted by Gasteiger charge is -2.26. The van der Waals surface area contributed by atoms with Gasteiger partial charge in [-0.2, -0.15) is 13.2 Å². The molecule has 2 saturated heterocycles. The van der Waals surface area contributed by atoms with Crippen molar-refractivity contribution in [3.05, 3.63) is 35.4 Å². The number of likely N-dealkylation sites (N-methyl/N-ethyl adjacent to an activating group) is 1. The second-order valence-corrected chi connectivity index (χ2v) is 8.05. The fourth-order valence-electron chi connectivity index (χ4n) is 4.30. The van der Waals surface area contributed by atoms with E-state index in [-0.39, 0.29) is 12.5 Å². The smallest absolute Gasteiger partial charge is 0.396 e. The van der Waals surface area contributed by atoms with Gasteiger partial charge in [-0.1, -0.05) is 18.2 Å². The van der Waals surface area contributed by atoms with Crippen molar-refractivity contribution in [2.24, 2.45) is 11.8 Å². The van der Waals surface area contributed by atoms with E-state index in [4.69, 9.17) is 0 Å². The lowest BCUT2D eigenvalue weighted by molar-refractivity contribution is -0.137. The van der Waals surface area contributed by atoms with Gasteiger partial charge in [0.2, 0.25) is 0 Å². The molecule has 2 aliphatic heterocycles. The fourth-order valence-corrected chi connectivity index (χ4v) is 4.30. The summed E-state index contributed by atoms with van der Waals surface area (Å²) in [5, 5.41) is 9.80. The molecule has 0 aromatic heterocycles. The number of aliphatic hydroxyl groups excluding tert-OH is 1. The third kappa shape index (κ3) is 5.67. The van der Waals surface area contributed by atoms with Gasteiger partial charge in [-0.05, 0) is 50.0 Å². The van der Waals surface area contributed by atoms with Crippen LogP contribution < -0.4 is 0 Å². The van der Waals surface area contributed by atoms with Crippen LogP contribution in [-0.4, -0.2) is 79.3 Å². The Morgan fingerprint density at radius 3 is 2.56 bits per heavy atom. The molecule has 1 N–H and O–H groups in total. The van der Waals surface area contributed by atoms with Crippen LogP contribution in [0.3, 0.4) is 0 Å². The Labute approximate surface area is 159 Å². The molecule has 4 nitrogen and oxygen atoms in total. The number of benzene rings is 1. The van der Waals surface area contributed by atoms with Crippen molar-refractivity contribution in [2.45, 2.75) is 19.1 Å². The number of rotatable bonds is 5. The van der Waals surface area contributed by atoms with Crippen LogP contribution in [0.25, 0.3) is 0 Å². The molecule has 0 radical (unpaired) electrons. The highest BCUT2D eigenvalue weighted by molar-refractivity contribution is 5.25. The molecule has 0 spiro atoms. The van der Waals surface area contributed by atoms with Crippen LogP contribution in [0.15, 0.2) is 24.3 Å². The average molecular weight is 385 g/mol. The first kappa shape index (κ1) is 20.6. The maximum Gasteiger partial charge on any atom is 0.416 e. The van der Waals surface area contributed by atoms with Gasteiger partial charge in [-0.3, -0.25) is 4.90 Å². The zero-order valence-corrected chi connectivity index (χ0v) is 16.0. The van der Waals surface area contributed by atoms with Crippen molar-refractivity contribution in [2.75, 3.05) is 59.5 Å². The summed E-state index contributed by atoms with van der Waals surface area (Å²) in [6.45, 7) is 7.45. The van der Waals surface area contributed by atoms with E-state index in [1.165, 1.54) is 12.1 Å². The first-order valence-electron chi connectivity index (χ1n) is 9.75. The van der Waals surface area contributed by atoms with Gasteiger partial charge in [0.1, 0.15) is 0 Å². The molecule has 27 heavy (non-hydrogen) atoms. The molecule has 1 aromatic rings. The van der Waals surface area contributed by atoms with Gasteiger partial charge < -0.3 is 14.9 Å². The third-order valence-electron chi connectivity index (χ3n) is 5.85. The van der Waals surface area contributed by atoms with E-state index in [9.17, 15) is 18.3 Å². The van der Waals surface area contributed by atoms with E-state index < -0.39 is 11.7 Å². The molecule has 2 aliphatic rings. The summed E-state index contributed by atoms with van der Waals surface area (Å²) in [7, 11) is 2.15. The zero-order chi connectivity index (χ0) is 19.4. The van der Waals surface area contributed by atoms with Gasteiger partial charge in [0, 0.05) is 45.9 Å². The highest BCUT2D eigenvalue weighted by Gasteiger charge is 2.34. The first-order valence-corrected chi connectivity index (χ1v) is 9.75. The maximum absolute atomic E-state index is 12.9. The van der Waals surface area contributed by atoms with Crippen LogP contribution in [-0.2, 0) is 12.7 Å². The van der Waals surface area contributed by atoms with Crippen LogP contribution in [0.4, 0.5) is 13.2 Å². The maximum atomic E-state index is 12.9. The summed E-state index contributed by atoms with van der Waals surface area (Å²) < 4.78 is 38.8. The average Bonchev–Trinajstić information content (AvgIpc) is 2.87. The lowest BCUT2D eigenvalue weighted by Crippen LogP contribution is -2.36. The molecule has 2 heterocycles. The van der Waals surface area contributed by atoms with Gasteiger partial charge in [0.05, 0.1) is 5.56 Å². The molecule has 2 fully saturated rings. The third-order valence-corrected chi connectivity index (χ3v) is 5.85. The lowest BCUT2D eigenvalue weighted by atomic mass is 9.96. The minimum atomic E-state index is -4.31.